The number of pyridine rings is 2. The number of nitrogens with zero attached hydrogens (tertiary/aromatic N) is 2. The zero-order valence-corrected chi connectivity index (χ0v) is 7.69. The summed E-state index contributed by atoms with van der Waals surface area (Å²) in [7, 11) is 0. The van der Waals surface area contributed by atoms with Crippen molar-refractivity contribution >= 4 is 28.6 Å². The van der Waals surface area contributed by atoms with E-state index in [0.717, 1.165) is 5.39 Å². The Morgan fingerprint density at radius 3 is 3.00 bits per heavy atom. The Hall–Kier alpha value is -1.68. The second-order valence-corrected chi connectivity index (χ2v) is 3.08. The second kappa shape index (κ2) is 3.23. The fraction of sp³-hybridized carbons (Fsp3) is 0. The molecule has 0 aliphatic carbocycles. The van der Waals surface area contributed by atoms with Crippen molar-refractivity contribution in [3.63, 3.8) is 0 Å². The molecule has 0 atom stereocenters. The van der Waals surface area contributed by atoms with E-state index in [4.69, 9.17) is 16.7 Å². The van der Waals surface area contributed by atoms with Crippen molar-refractivity contribution in [2.45, 2.75) is 0 Å². The minimum absolute atomic E-state index is 0.123. The van der Waals surface area contributed by atoms with Gasteiger partial charge in [0, 0.05) is 11.6 Å². The summed E-state index contributed by atoms with van der Waals surface area (Å²) in [5.74, 6) is -1.15. The maximum absolute atomic E-state index is 10.7. The van der Waals surface area contributed by atoms with Crippen LogP contribution < -0.4 is 0 Å². The number of hydrogen-bond donors (Lipinski definition) is 1. The topological polar surface area (TPSA) is 63.1 Å². The number of carboxylic acid groups (broad SMARTS) is 1. The van der Waals surface area contributed by atoms with Crippen LogP contribution in [0.3, 0.4) is 0 Å². The Bertz CT molecular complexity index is 513. The van der Waals surface area contributed by atoms with Gasteiger partial charge in [0.25, 0.3) is 0 Å². The van der Waals surface area contributed by atoms with Gasteiger partial charge in [0.15, 0.2) is 11.3 Å². The summed E-state index contributed by atoms with van der Waals surface area (Å²) in [5, 5.41) is 9.60. The van der Waals surface area contributed by atoms with Gasteiger partial charge < -0.3 is 5.11 Å². The first-order valence-electron chi connectivity index (χ1n) is 3.83. The zero-order chi connectivity index (χ0) is 10.1. The maximum Gasteiger partial charge on any atom is 0.356 e. The average Bonchev–Trinajstić information content (AvgIpc) is 2.16. The zero-order valence-electron chi connectivity index (χ0n) is 6.94. The van der Waals surface area contributed by atoms with E-state index < -0.39 is 5.97 Å². The molecular formula is C9H5ClN2O2. The summed E-state index contributed by atoms with van der Waals surface area (Å²) in [5.41, 5.74) is 0.215. The lowest BCUT2D eigenvalue weighted by atomic mass is 10.2. The molecule has 0 aliphatic heterocycles. The van der Waals surface area contributed by atoms with Crippen LogP contribution in [0.1, 0.15) is 10.5 Å². The fourth-order valence-corrected chi connectivity index (χ4v) is 1.37. The predicted octanol–water partition coefficient (Wildman–Crippen LogP) is 1.98. The number of halogens is 1. The van der Waals surface area contributed by atoms with Gasteiger partial charge in [0.2, 0.25) is 0 Å². The SMILES string of the molecule is O=C(O)c1nc2ncccc2cc1Cl. The molecule has 0 spiro atoms. The van der Waals surface area contributed by atoms with Crippen molar-refractivity contribution in [3.05, 3.63) is 35.1 Å². The van der Waals surface area contributed by atoms with E-state index in [-0.39, 0.29) is 10.7 Å². The standard InChI is InChI=1S/C9H5ClN2O2/c10-6-4-5-2-1-3-11-8(5)12-7(6)9(13)14/h1-4H,(H,13,14). The van der Waals surface area contributed by atoms with Gasteiger partial charge >= 0.3 is 5.97 Å². The van der Waals surface area contributed by atoms with Crippen LogP contribution >= 0.6 is 11.6 Å². The van der Waals surface area contributed by atoms with Crippen LogP contribution in [-0.2, 0) is 0 Å². The molecule has 0 aromatic carbocycles. The Morgan fingerprint density at radius 1 is 1.50 bits per heavy atom. The smallest absolute Gasteiger partial charge is 0.356 e. The van der Waals surface area contributed by atoms with Crippen LogP contribution in [0.4, 0.5) is 0 Å². The molecule has 14 heavy (non-hydrogen) atoms. The van der Waals surface area contributed by atoms with E-state index in [1.165, 1.54) is 0 Å². The van der Waals surface area contributed by atoms with E-state index in [1.54, 1.807) is 24.4 Å². The first-order chi connectivity index (χ1) is 6.68. The van der Waals surface area contributed by atoms with E-state index in [2.05, 4.69) is 9.97 Å². The minimum Gasteiger partial charge on any atom is -0.476 e. The van der Waals surface area contributed by atoms with Gasteiger partial charge in [-0.05, 0) is 18.2 Å². The van der Waals surface area contributed by atoms with E-state index in [1.807, 2.05) is 0 Å². The van der Waals surface area contributed by atoms with Crippen LogP contribution in [-0.4, -0.2) is 21.0 Å². The summed E-state index contributed by atoms with van der Waals surface area (Å²) in [6, 6.07) is 5.05. The normalized spacial score (nSPS) is 10.4. The van der Waals surface area contributed by atoms with Crippen molar-refractivity contribution < 1.29 is 9.90 Å². The molecule has 0 amide bonds. The van der Waals surface area contributed by atoms with E-state index in [9.17, 15) is 4.79 Å². The van der Waals surface area contributed by atoms with Crippen LogP contribution in [0, 0.1) is 0 Å². The van der Waals surface area contributed by atoms with Gasteiger partial charge in [-0.3, -0.25) is 0 Å². The summed E-state index contributed by atoms with van der Waals surface area (Å²) < 4.78 is 0. The molecule has 0 fully saturated rings. The number of aromatic carboxylic acids is 1. The molecule has 2 heterocycles. The number of hydrogen-bond acceptors (Lipinski definition) is 3. The van der Waals surface area contributed by atoms with Gasteiger partial charge in [-0.25, -0.2) is 14.8 Å². The summed E-state index contributed by atoms with van der Waals surface area (Å²) in [6.45, 7) is 0. The van der Waals surface area contributed by atoms with Crippen LogP contribution in [0.25, 0.3) is 11.0 Å². The van der Waals surface area contributed by atoms with Crippen molar-refractivity contribution in [2.24, 2.45) is 0 Å². The van der Waals surface area contributed by atoms with Crippen LogP contribution in [0.5, 0.6) is 0 Å². The lowest BCUT2D eigenvalue weighted by Gasteiger charge is -2.00. The van der Waals surface area contributed by atoms with E-state index in [0.29, 0.717) is 5.65 Å². The van der Waals surface area contributed by atoms with Gasteiger partial charge in [-0.15, -0.1) is 0 Å². The molecule has 2 aromatic heterocycles. The summed E-state index contributed by atoms with van der Waals surface area (Å²) in [4.78, 5) is 18.5. The molecule has 5 heteroatoms. The molecule has 2 aromatic rings. The molecule has 0 unspecified atom stereocenters. The first-order valence-corrected chi connectivity index (χ1v) is 4.21. The predicted molar refractivity (Wildman–Crippen MR) is 51.5 cm³/mol. The second-order valence-electron chi connectivity index (χ2n) is 2.67. The van der Waals surface area contributed by atoms with Gasteiger partial charge in [-0.2, -0.15) is 0 Å². The lowest BCUT2D eigenvalue weighted by molar-refractivity contribution is 0.0691. The molecule has 0 bridgehead atoms. The fourth-order valence-electron chi connectivity index (χ4n) is 1.13. The summed E-state index contributed by atoms with van der Waals surface area (Å²) in [6.07, 6.45) is 1.55. The Morgan fingerprint density at radius 2 is 2.29 bits per heavy atom. The monoisotopic (exact) mass is 208 g/mol. The van der Waals surface area contributed by atoms with Gasteiger partial charge in [0.1, 0.15) is 0 Å². The third-order valence-corrected chi connectivity index (χ3v) is 2.03. The molecule has 70 valence electrons. The number of fused-ring (bicyclic) bond motifs is 1. The Balaban J connectivity index is 2.77. The number of carbonyl (C=O) groups is 1. The highest BCUT2D eigenvalue weighted by Gasteiger charge is 2.11. The minimum atomic E-state index is -1.15. The quantitative estimate of drug-likeness (QED) is 0.779. The number of aromatic nitrogens is 2. The molecule has 1 N–H and O–H groups in total. The molecule has 2 rings (SSSR count). The van der Waals surface area contributed by atoms with E-state index >= 15 is 0 Å². The third kappa shape index (κ3) is 1.40. The highest BCUT2D eigenvalue weighted by Crippen LogP contribution is 2.19. The number of rotatable bonds is 1. The third-order valence-electron chi connectivity index (χ3n) is 1.75. The van der Waals surface area contributed by atoms with Crippen molar-refractivity contribution in [2.75, 3.05) is 0 Å². The molecule has 0 radical (unpaired) electrons. The van der Waals surface area contributed by atoms with Gasteiger partial charge in [0.05, 0.1) is 5.02 Å². The Labute approximate surface area is 84.2 Å². The van der Waals surface area contributed by atoms with Crippen molar-refractivity contribution in [1.29, 1.82) is 0 Å². The molecule has 4 nitrogen and oxygen atoms in total. The molecular weight excluding hydrogens is 204 g/mol. The maximum atomic E-state index is 10.7. The number of carboxylic acids is 1. The largest absolute Gasteiger partial charge is 0.476 e. The van der Waals surface area contributed by atoms with Crippen molar-refractivity contribution in [1.82, 2.24) is 9.97 Å². The van der Waals surface area contributed by atoms with Crippen LogP contribution in [0.15, 0.2) is 24.4 Å². The highest BCUT2D eigenvalue weighted by molar-refractivity contribution is 6.33. The molecule has 0 saturated carbocycles. The Kier molecular flexibility index (Phi) is 2.05. The molecule has 0 saturated heterocycles. The highest BCUT2D eigenvalue weighted by atomic mass is 35.5. The first kappa shape index (κ1) is 8.90. The summed E-state index contributed by atoms with van der Waals surface area (Å²) >= 11 is 5.73. The lowest BCUT2D eigenvalue weighted by Crippen LogP contribution is -2.02. The average molecular weight is 209 g/mol. The van der Waals surface area contributed by atoms with Gasteiger partial charge in [-0.1, -0.05) is 11.6 Å². The van der Waals surface area contributed by atoms with Crippen molar-refractivity contribution in [3.8, 4) is 0 Å². The van der Waals surface area contributed by atoms with Crippen LogP contribution in [0.2, 0.25) is 5.02 Å². The molecule has 0 aliphatic rings.